The first-order valence-electron chi connectivity index (χ1n) is 21.5. The van der Waals surface area contributed by atoms with Crippen LogP contribution >= 0.6 is 0 Å². The fourth-order valence-electron chi connectivity index (χ4n) is 10.4. The van der Waals surface area contributed by atoms with E-state index in [1.807, 2.05) is 6.07 Å². The molecular formula is C59H42N2O. The number of benzene rings is 8. The van der Waals surface area contributed by atoms with E-state index >= 15 is 0 Å². The lowest BCUT2D eigenvalue weighted by Gasteiger charge is -2.44. The van der Waals surface area contributed by atoms with Crippen LogP contribution in [0.1, 0.15) is 24.0 Å². The first-order valence-corrected chi connectivity index (χ1v) is 21.5. The molecule has 0 spiro atoms. The average molecular weight is 795 g/mol. The Balaban J connectivity index is 1.12. The molecule has 0 radical (unpaired) electrons. The minimum Gasteiger partial charge on any atom is -0.456 e. The molecule has 0 aliphatic heterocycles. The van der Waals surface area contributed by atoms with E-state index < -0.39 is 0 Å². The summed E-state index contributed by atoms with van der Waals surface area (Å²) >= 11 is 0. The molecule has 2 aliphatic rings. The number of nitrogens with zero attached hydrogens (tertiary/aromatic N) is 2. The van der Waals surface area contributed by atoms with Crippen LogP contribution in [0.25, 0.3) is 66.1 Å². The second-order valence-corrected chi connectivity index (χ2v) is 16.6. The van der Waals surface area contributed by atoms with Crippen molar-refractivity contribution in [2.24, 2.45) is 5.41 Å². The zero-order valence-corrected chi connectivity index (χ0v) is 34.3. The lowest BCUT2D eigenvalue weighted by atomic mass is 9.59. The first kappa shape index (κ1) is 36.0. The molecule has 3 heteroatoms. The Bertz CT molecular complexity index is 3490. The number of fused-ring (bicyclic) bond motifs is 7. The molecule has 10 aromatic rings. The zero-order chi connectivity index (χ0) is 41.2. The Morgan fingerprint density at radius 1 is 0.532 bits per heavy atom. The molecule has 0 fully saturated rings. The number of para-hydroxylation sites is 5. The molecule has 2 unspecified atom stereocenters. The van der Waals surface area contributed by atoms with Gasteiger partial charge in [-0.2, -0.15) is 0 Å². The normalized spacial score (nSPS) is 17.1. The molecule has 0 saturated heterocycles. The summed E-state index contributed by atoms with van der Waals surface area (Å²) in [5.41, 5.74) is 15.7. The van der Waals surface area contributed by atoms with E-state index in [9.17, 15) is 0 Å². The molecule has 8 aromatic carbocycles. The second kappa shape index (κ2) is 14.4. The Morgan fingerprint density at radius 2 is 1.21 bits per heavy atom. The number of hydrogen-bond acceptors (Lipinski definition) is 2. The highest BCUT2D eigenvalue weighted by Crippen LogP contribution is 2.58. The molecule has 294 valence electrons. The van der Waals surface area contributed by atoms with Gasteiger partial charge in [-0.25, -0.2) is 0 Å². The summed E-state index contributed by atoms with van der Waals surface area (Å²) in [6.45, 7) is 2.43. The van der Waals surface area contributed by atoms with Crippen molar-refractivity contribution in [1.82, 2.24) is 4.57 Å². The van der Waals surface area contributed by atoms with Gasteiger partial charge in [-0.15, -0.1) is 0 Å². The van der Waals surface area contributed by atoms with Gasteiger partial charge in [-0.05, 0) is 88.5 Å². The summed E-state index contributed by atoms with van der Waals surface area (Å²) in [6.07, 6.45) is 13.8. The largest absolute Gasteiger partial charge is 0.456 e. The average Bonchev–Trinajstić information content (AvgIpc) is 3.88. The van der Waals surface area contributed by atoms with Crippen LogP contribution in [0.3, 0.4) is 0 Å². The van der Waals surface area contributed by atoms with Gasteiger partial charge in [0.2, 0.25) is 0 Å². The van der Waals surface area contributed by atoms with Gasteiger partial charge in [0.1, 0.15) is 11.2 Å². The first-order chi connectivity index (χ1) is 30.7. The molecule has 2 heterocycles. The highest BCUT2D eigenvalue weighted by Gasteiger charge is 2.43. The predicted octanol–water partition coefficient (Wildman–Crippen LogP) is 16.1. The van der Waals surface area contributed by atoms with Gasteiger partial charge in [-0.1, -0.05) is 177 Å². The van der Waals surface area contributed by atoms with E-state index in [4.69, 9.17) is 4.42 Å². The molecule has 0 saturated carbocycles. The minimum absolute atomic E-state index is 0.0236. The Hall–Kier alpha value is -7.88. The Morgan fingerprint density at radius 3 is 2.08 bits per heavy atom. The Labute approximate surface area is 361 Å². The van der Waals surface area contributed by atoms with Crippen LogP contribution in [-0.4, -0.2) is 4.57 Å². The lowest BCUT2D eigenvalue weighted by Crippen LogP contribution is -2.32. The van der Waals surface area contributed by atoms with Crippen molar-refractivity contribution in [1.29, 1.82) is 0 Å². The molecule has 0 amide bonds. The summed E-state index contributed by atoms with van der Waals surface area (Å²) in [5.74, 6) is 0.0236. The predicted molar refractivity (Wildman–Crippen MR) is 260 cm³/mol. The van der Waals surface area contributed by atoms with Crippen LogP contribution in [-0.2, 0) is 0 Å². The summed E-state index contributed by atoms with van der Waals surface area (Å²) < 4.78 is 8.82. The van der Waals surface area contributed by atoms with Crippen molar-refractivity contribution in [2.75, 3.05) is 4.90 Å². The third kappa shape index (κ3) is 5.52. The maximum absolute atomic E-state index is 6.42. The number of allylic oxidation sites excluding steroid dienone is 8. The Kier molecular flexibility index (Phi) is 8.36. The minimum atomic E-state index is -0.332. The van der Waals surface area contributed by atoms with E-state index in [0.29, 0.717) is 0 Å². The number of aromatic nitrogens is 1. The van der Waals surface area contributed by atoms with Gasteiger partial charge in [0.05, 0.1) is 16.7 Å². The van der Waals surface area contributed by atoms with Crippen LogP contribution in [0.5, 0.6) is 0 Å². The van der Waals surface area contributed by atoms with Gasteiger partial charge < -0.3 is 13.9 Å². The third-order valence-corrected chi connectivity index (χ3v) is 13.3. The van der Waals surface area contributed by atoms with Crippen LogP contribution in [0.4, 0.5) is 17.1 Å². The van der Waals surface area contributed by atoms with E-state index in [1.165, 1.54) is 49.6 Å². The van der Waals surface area contributed by atoms with Gasteiger partial charge in [0, 0.05) is 55.5 Å². The molecule has 2 aromatic heterocycles. The number of hydrogen-bond donors (Lipinski definition) is 0. The maximum Gasteiger partial charge on any atom is 0.135 e. The van der Waals surface area contributed by atoms with Gasteiger partial charge in [0.15, 0.2) is 0 Å². The van der Waals surface area contributed by atoms with Crippen molar-refractivity contribution in [3.8, 4) is 16.8 Å². The number of anilines is 3. The van der Waals surface area contributed by atoms with Gasteiger partial charge in [-0.3, -0.25) is 0 Å². The SMILES string of the molecule is CC12C(=CC=CC1c1ccccc1N(c1ccc3oc4ccccc4c3c1)c1ccccc1-c1cccc3c1c1ccccc1n3-c1ccccc1)C=CC=C2c1ccccc1. The second-order valence-electron chi connectivity index (χ2n) is 16.6. The van der Waals surface area contributed by atoms with E-state index in [2.05, 4.69) is 241 Å². The van der Waals surface area contributed by atoms with Gasteiger partial charge in [0.25, 0.3) is 0 Å². The van der Waals surface area contributed by atoms with Crippen molar-refractivity contribution in [2.45, 2.75) is 12.8 Å². The smallest absolute Gasteiger partial charge is 0.135 e. The summed E-state index contributed by atoms with van der Waals surface area (Å²) in [5, 5.41) is 4.65. The highest BCUT2D eigenvalue weighted by atomic mass is 16.3. The molecule has 3 nitrogen and oxygen atoms in total. The molecule has 0 bridgehead atoms. The van der Waals surface area contributed by atoms with Crippen molar-refractivity contribution >= 4 is 66.4 Å². The van der Waals surface area contributed by atoms with Crippen LogP contribution in [0.15, 0.2) is 241 Å². The number of furan rings is 1. The van der Waals surface area contributed by atoms with Crippen molar-refractivity contribution < 1.29 is 4.42 Å². The summed E-state index contributed by atoms with van der Waals surface area (Å²) in [7, 11) is 0. The monoisotopic (exact) mass is 794 g/mol. The van der Waals surface area contributed by atoms with E-state index in [0.717, 1.165) is 50.3 Å². The fourth-order valence-corrected chi connectivity index (χ4v) is 10.4. The topological polar surface area (TPSA) is 21.3 Å². The van der Waals surface area contributed by atoms with E-state index in [-0.39, 0.29) is 11.3 Å². The van der Waals surface area contributed by atoms with Gasteiger partial charge >= 0.3 is 0 Å². The van der Waals surface area contributed by atoms with Crippen LogP contribution in [0.2, 0.25) is 0 Å². The van der Waals surface area contributed by atoms with Crippen LogP contribution in [0, 0.1) is 5.41 Å². The third-order valence-electron chi connectivity index (χ3n) is 13.3. The molecule has 2 aliphatic carbocycles. The zero-order valence-electron chi connectivity index (χ0n) is 34.3. The molecule has 62 heavy (non-hydrogen) atoms. The molecule has 0 N–H and O–H groups in total. The summed E-state index contributed by atoms with van der Waals surface area (Å²) in [4.78, 5) is 2.50. The molecular weight excluding hydrogens is 753 g/mol. The standard InChI is InChI=1S/C59H42N2O/c1-59-41(21-16-30-50(59)40-19-4-2-5-20-40)22-17-31-51(59)47-27-9-13-33-53(47)61(43-37-38-57-49(39-43)45-26-11-15-36-56(45)62-57)52-32-12-8-25-44(52)46-29-18-35-55-58(46)48-28-10-14-34-54(48)60(55)42-23-6-3-7-24-42/h2-39,51H,1H3. The number of rotatable bonds is 7. The maximum atomic E-state index is 6.42. The molecule has 2 atom stereocenters. The quantitative estimate of drug-likeness (QED) is 0.160. The summed E-state index contributed by atoms with van der Waals surface area (Å²) in [6, 6.07) is 70.2. The fraction of sp³-hybridized carbons (Fsp3) is 0.0508. The van der Waals surface area contributed by atoms with E-state index in [1.54, 1.807) is 0 Å². The highest BCUT2D eigenvalue weighted by molar-refractivity contribution is 6.17. The van der Waals surface area contributed by atoms with Crippen molar-refractivity contribution in [3.63, 3.8) is 0 Å². The van der Waals surface area contributed by atoms with Crippen molar-refractivity contribution in [3.05, 3.63) is 247 Å². The lowest BCUT2D eigenvalue weighted by molar-refractivity contribution is 0.478. The molecule has 12 rings (SSSR count). The van der Waals surface area contributed by atoms with Crippen LogP contribution < -0.4 is 4.90 Å².